The molecule has 6 nitrogen and oxygen atoms in total. The van der Waals surface area contributed by atoms with E-state index >= 15 is 0 Å². The highest BCUT2D eigenvalue weighted by atomic mass is 16.4. The van der Waals surface area contributed by atoms with Crippen molar-refractivity contribution in [2.45, 2.75) is 57.0 Å². The van der Waals surface area contributed by atoms with Crippen molar-refractivity contribution in [2.75, 3.05) is 13.1 Å². The second-order valence-electron chi connectivity index (χ2n) is 6.54. The van der Waals surface area contributed by atoms with E-state index in [2.05, 4.69) is 0 Å². The molecule has 2 unspecified atom stereocenters. The first-order valence-electron chi connectivity index (χ1n) is 7.85. The molecule has 0 aromatic carbocycles. The summed E-state index contributed by atoms with van der Waals surface area (Å²) >= 11 is 0. The summed E-state index contributed by atoms with van der Waals surface area (Å²) < 4.78 is 0. The molecular weight excluding hydrogens is 272 g/mol. The quantitative estimate of drug-likeness (QED) is 0.834. The van der Waals surface area contributed by atoms with E-state index in [0.29, 0.717) is 13.0 Å². The average Bonchev–Trinajstić information content (AvgIpc) is 2.91. The molecule has 3 saturated heterocycles. The van der Waals surface area contributed by atoms with Crippen molar-refractivity contribution in [2.24, 2.45) is 5.92 Å². The molecule has 3 aliphatic heterocycles. The number of hydrogen-bond donors (Lipinski definition) is 1. The number of carbonyl (C=O) groups is 3. The van der Waals surface area contributed by atoms with E-state index in [1.54, 1.807) is 4.90 Å². The third-order valence-electron chi connectivity index (χ3n) is 5.08. The van der Waals surface area contributed by atoms with Gasteiger partial charge in [-0.05, 0) is 38.0 Å². The molecule has 2 amide bonds. The third kappa shape index (κ3) is 2.89. The molecule has 0 spiro atoms. The lowest BCUT2D eigenvalue weighted by atomic mass is 9.88. The molecule has 3 rings (SSSR count). The van der Waals surface area contributed by atoms with Gasteiger partial charge < -0.3 is 14.9 Å². The third-order valence-corrected chi connectivity index (χ3v) is 5.08. The second-order valence-corrected chi connectivity index (χ2v) is 6.54. The highest BCUT2D eigenvalue weighted by Crippen LogP contribution is 2.40. The lowest BCUT2D eigenvalue weighted by molar-refractivity contribution is -0.143. The lowest BCUT2D eigenvalue weighted by Crippen LogP contribution is -2.50. The van der Waals surface area contributed by atoms with E-state index in [0.717, 1.165) is 32.1 Å². The first kappa shape index (κ1) is 14.4. The minimum Gasteiger partial charge on any atom is -0.481 e. The van der Waals surface area contributed by atoms with Crippen molar-refractivity contribution in [1.29, 1.82) is 0 Å². The van der Waals surface area contributed by atoms with E-state index in [4.69, 9.17) is 5.11 Å². The van der Waals surface area contributed by atoms with E-state index in [-0.39, 0.29) is 42.8 Å². The van der Waals surface area contributed by atoms with Gasteiger partial charge in [-0.15, -0.1) is 0 Å². The van der Waals surface area contributed by atoms with Crippen LogP contribution in [0, 0.1) is 5.92 Å². The molecule has 0 saturated carbocycles. The summed E-state index contributed by atoms with van der Waals surface area (Å²) in [4.78, 5) is 38.6. The zero-order valence-corrected chi connectivity index (χ0v) is 12.2. The Morgan fingerprint density at radius 2 is 1.86 bits per heavy atom. The van der Waals surface area contributed by atoms with Crippen LogP contribution in [0.4, 0.5) is 0 Å². The largest absolute Gasteiger partial charge is 0.481 e. The van der Waals surface area contributed by atoms with Crippen molar-refractivity contribution < 1.29 is 19.5 Å². The van der Waals surface area contributed by atoms with Gasteiger partial charge in [-0.3, -0.25) is 14.4 Å². The van der Waals surface area contributed by atoms with Gasteiger partial charge in [-0.2, -0.15) is 0 Å². The minimum atomic E-state index is -0.748. The molecule has 1 N–H and O–H groups in total. The number of carboxylic acid groups (broad SMARTS) is 1. The van der Waals surface area contributed by atoms with Crippen LogP contribution >= 0.6 is 0 Å². The van der Waals surface area contributed by atoms with Crippen LogP contribution in [0.2, 0.25) is 0 Å². The predicted molar refractivity (Wildman–Crippen MR) is 74.4 cm³/mol. The highest BCUT2D eigenvalue weighted by Gasteiger charge is 2.44. The number of carbonyl (C=O) groups excluding carboxylic acids is 2. The van der Waals surface area contributed by atoms with Gasteiger partial charge in [0.15, 0.2) is 0 Å². The second kappa shape index (κ2) is 5.66. The van der Waals surface area contributed by atoms with Gasteiger partial charge >= 0.3 is 5.97 Å². The van der Waals surface area contributed by atoms with Gasteiger partial charge in [0.2, 0.25) is 11.8 Å². The van der Waals surface area contributed by atoms with E-state index in [9.17, 15) is 14.4 Å². The number of likely N-dealkylation sites (tertiary alicyclic amines) is 1. The highest BCUT2D eigenvalue weighted by molar-refractivity contribution is 5.86. The standard InChI is InChI=1S/C15H22N2O4/c18-13-2-1-5-16(13)9-14(19)17-11-3-4-12(17)7-10(6-11)8-15(20)21/h10-12H,1-9H2,(H,20,21). The van der Waals surface area contributed by atoms with E-state index < -0.39 is 5.97 Å². The van der Waals surface area contributed by atoms with Crippen LogP contribution in [-0.2, 0) is 14.4 Å². The Morgan fingerprint density at radius 1 is 1.19 bits per heavy atom. The van der Waals surface area contributed by atoms with Crippen LogP contribution in [0.25, 0.3) is 0 Å². The van der Waals surface area contributed by atoms with Crippen molar-refractivity contribution in [1.82, 2.24) is 9.80 Å². The average molecular weight is 294 g/mol. The summed E-state index contributed by atoms with van der Waals surface area (Å²) in [5.74, 6) is -0.428. The molecule has 6 heteroatoms. The molecule has 0 aromatic heterocycles. The monoisotopic (exact) mass is 294 g/mol. The molecule has 21 heavy (non-hydrogen) atoms. The molecule has 0 aromatic rings. The van der Waals surface area contributed by atoms with Crippen molar-refractivity contribution >= 4 is 17.8 Å². The number of aliphatic carboxylic acids is 1. The normalized spacial score (nSPS) is 31.8. The maximum Gasteiger partial charge on any atom is 0.303 e. The smallest absolute Gasteiger partial charge is 0.303 e. The summed E-state index contributed by atoms with van der Waals surface area (Å²) in [6.45, 7) is 0.894. The molecule has 0 radical (unpaired) electrons. The number of hydrogen-bond acceptors (Lipinski definition) is 3. The molecule has 3 fully saturated rings. The van der Waals surface area contributed by atoms with Gasteiger partial charge in [0, 0.05) is 31.5 Å². The van der Waals surface area contributed by atoms with Gasteiger partial charge in [0.1, 0.15) is 0 Å². The molecule has 3 heterocycles. The van der Waals surface area contributed by atoms with Crippen LogP contribution in [0.1, 0.15) is 44.9 Å². The number of fused-ring (bicyclic) bond motifs is 2. The van der Waals surface area contributed by atoms with Crippen LogP contribution in [-0.4, -0.2) is 57.9 Å². The Kier molecular flexibility index (Phi) is 3.87. The molecule has 3 aliphatic rings. The van der Waals surface area contributed by atoms with Gasteiger partial charge in [-0.25, -0.2) is 0 Å². The number of carboxylic acids is 1. The molecular formula is C15H22N2O4. The summed E-state index contributed by atoms with van der Waals surface area (Å²) in [5, 5.41) is 8.93. The lowest BCUT2D eigenvalue weighted by Gasteiger charge is -2.39. The Bertz CT molecular complexity index is 451. The van der Waals surface area contributed by atoms with Crippen LogP contribution in [0.15, 0.2) is 0 Å². The summed E-state index contributed by atoms with van der Waals surface area (Å²) in [7, 11) is 0. The zero-order valence-electron chi connectivity index (χ0n) is 12.2. The SMILES string of the molecule is O=C(O)CC1CC2CCC(C1)N2C(=O)CN1CCCC1=O. The van der Waals surface area contributed by atoms with Gasteiger partial charge in [-0.1, -0.05) is 0 Å². The maximum atomic E-state index is 12.5. The van der Waals surface area contributed by atoms with Crippen molar-refractivity contribution in [3.8, 4) is 0 Å². The fourth-order valence-electron chi connectivity index (χ4n) is 4.23. The molecule has 2 bridgehead atoms. The molecule has 116 valence electrons. The topological polar surface area (TPSA) is 77.9 Å². The summed E-state index contributed by atoms with van der Waals surface area (Å²) in [5.41, 5.74) is 0. The van der Waals surface area contributed by atoms with Crippen molar-refractivity contribution in [3.63, 3.8) is 0 Å². The molecule has 0 aliphatic carbocycles. The first-order chi connectivity index (χ1) is 10.0. The maximum absolute atomic E-state index is 12.5. The van der Waals surface area contributed by atoms with Gasteiger partial charge in [0.25, 0.3) is 0 Å². The first-order valence-corrected chi connectivity index (χ1v) is 7.85. The number of rotatable bonds is 4. The number of nitrogens with zero attached hydrogens (tertiary/aromatic N) is 2. The van der Waals surface area contributed by atoms with E-state index in [1.165, 1.54) is 0 Å². The predicted octanol–water partition coefficient (Wildman–Crippen LogP) is 0.853. The Hall–Kier alpha value is -1.59. The Balaban J connectivity index is 1.60. The fourth-order valence-corrected chi connectivity index (χ4v) is 4.23. The Labute approximate surface area is 124 Å². The fraction of sp³-hybridized carbons (Fsp3) is 0.800. The van der Waals surface area contributed by atoms with Crippen LogP contribution < -0.4 is 0 Å². The Morgan fingerprint density at radius 3 is 2.38 bits per heavy atom. The zero-order chi connectivity index (χ0) is 15.0. The number of amides is 2. The minimum absolute atomic E-state index is 0.0477. The summed E-state index contributed by atoms with van der Waals surface area (Å²) in [6, 6.07) is 0.358. The number of piperidine rings is 1. The van der Waals surface area contributed by atoms with Crippen LogP contribution in [0.3, 0.4) is 0 Å². The summed E-state index contributed by atoms with van der Waals surface area (Å²) in [6.07, 6.45) is 5.14. The molecule has 2 atom stereocenters. The van der Waals surface area contributed by atoms with Crippen LogP contribution in [0.5, 0.6) is 0 Å². The van der Waals surface area contributed by atoms with Crippen molar-refractivity contribution in [3.05, 3.63) is 0 Å². The van der Waals surface area contributed by atoms with Gasteiger partial charge in [0.05, 0.1) is 6.54 Å². The van der Waals surface area contributed by atoms with E-state index in [1.807, 2.05) is 4.90 Å².